The van der Waals surface area contributed by atoms with Gasteiger partial charge in [0.2, 0.25) is 11.8 Å². The van der Waals surface area contributed by atoms with Crippen LogP contribution in [0.25, 0.3) is 5.69 Å². The van der Waals surface area contributed by atoms with E-state index >= 15 is 0 Å². The Morgan fingerprint density at radius 2 is 1.64 bits per heavy atom. The van der Waals surface area contributed by atoms with Gasteiger partial charge in [0.25, 0.3) is 5.91 Å². The predicted octanol–water partition coefficient (Wildman–Crippen LogP) is 5.55. The standard InChI is InChI=1S/C36H42ClF3N6O4/c1-23-5-6-29(17-32(23)37)45(34(48)25-11-15-43(16-12-25)24(2)47)14-4-13-42-19-26-21-44(22-27(26)20-42)35(49)31-18-41-46(33(31)36(38,39)40)28-7-9-30(50-3)10-8-28/h5-10,17-18,25-27H,4,11-16,19-22H2,1-3H3. The normalized spacial score (nSPS) is 19.9. The fourth-order valence-electron chi connectivity index (χ4n) is 7.54. The highest BCUT2D eigenvalue weighted by Crippen LogP contribution is 2.37. The number of piperidine rings is 1. The number of anilines is 1. The van der Waals surface area contributed by atoms with Gasteiger partial charge in [0, 0.05) is 69.4 Å². The molecule has 3 amide bonds. The molecular formula is C36H42ClF3N6O4. The zero-order valence-corrected chi connectivity index (χ0v) is 29.2. The molecule has 3 aliphatic rings. The van der Waals surface area contributed by atoms with E-state index in [0.29, 0.717) is 62.8 Å². The van der Waals surface area contributed by atoms with E-state index in [2.05, 4.69) is 10.00 Å². The van der Waals surface area contributed by atoms with E-state index in [-0.39, 0.29) is 35.3 Å². The Labute approximate surface area is 294 Å². The second-order valence-electron chi connectivity index (χ2n) is 13.6. The van der Waals surface area contributed by atoms with Crippen LogP contribution >= 0.6 is 11.6 Å². The van der Waals surface area contributed by atoms with Crippen molar-refractivity contribution in [3.8, 4) is 11.4 Å². The van der Waals surface area contributed by atoms with Crippen LogP contribution in [0.5, 0.6) is 5.75 Å². The Bertz CT molecular complexity index is 1710. The van der Waals surface area contributed by atoms with Crippen LogP contribution in [-0.4, -0.2) is 102 Å². The molecule has 2 aromatic carbocycles. The van der Waals surface area contributed by atoms with Crippen LogP contribution < -0.4 is 9.64 Å². The molecule has 0 aliphatic carbocycles. The highest BCUT2D eigenvalue weighted by Gasteiger charge is 2.45. The molecule has 0 spiro atoms. The van der Waals surface area contributed by atoms with Gasteiger partial charge in [0.15, 0.2) is 5.69 Å². The second kappa shape index (κ2) is 14.6. The number of carbonyl (C=O) groups is 3. The number of ether oxygens (including phenoxy) is 1. The number of halogens is 4. The molecule has 10 nitrogen and oxygen atoms in total. The fraction of sp³-hybridized carbons (Fsp3) is 0.500. The summed E-state index contributed by atoms with van der Waals surface area (Å²) >= 11 is 6.46. The second-order valence-corrected chi connectivity index (χ2v) is 14.0. The molecule has 3 fully saturated rings. The minimum absolute atomic E-state index is 0.0211. The number of carbonyl (C=O) groups excluding carboxylic acids is 3. The summed E-state index contributed by atoms with van der Waals surface area (Å²) in [7, 11) is 1.47. The maximum Gasteiger partial charge on any atom is 0.434 e. The Morgan fingerprint density at radius 3 is 2.22 bits per heavy atom. The summed E-state index contributed by atoms with van der Waals surface area (Å²) in [6.07, 6.45) is -1.83. The molecule has 0 radical (unpaired) electrons. The van der Waals surface area contributed by atoms with Crippen molar-refractivity contribution in [3.05, 3.63) is 70.5 Å². The lowest BCUT2D eigenvalue weighted by Gasteiger charge is -2.34. The van der Waals surface area contributed by atoms with Crippen LogP contribution in [0.3, 0.4) is 0 Å². The average Bonchev–Trinajstić information content (AvgIpc) is 3.82. The summed E-state index contributed by atoms with van der Waals surface area (Å²) in [5, 5.41) is 4.56. The van der Waals surface area contributed by atoms with E-state index in [1.807, 2.05) is 30.0 Å². The van der Waals surface area contributed by atoms with Crippen molar-refractivity contribution >= 4 is 35.0 Å². The van der Waals surface area contributed by atoms with Gasteiger partial charge in [0.05, 0.1) is 24.6 Å². The summed E-state index contributed by atoms with van der Waals surface area (Å²) in [6.45, 7) is 8.01. The van der Waals surface area contributed by atoms with Gasteiger partial charge in [0.1, 0.15) is 5.75 Å². The van der Waals surface area contributed by atoms with E-state index in [9.17, 15) is 27.6 Å². The SMILES string of the molecule is COc1ccc(-n2ncc(C(=O)N3CC4CN(CCCN(C(=O)C5CCN(C(C)=O)CC5)c5ccc(C)c(Cl)c5)CC4C3)c2C(F)(F)F)cc1. The molecule has 0 saturated carbocycles. The van der Waals surface area contributed by atoms with E-state index in [0.717, 1.165) is 41.8 Å². The smallest absolute Gasteiger partial charge is 0.434 e. The zero-order chi connectivity index (χ0) is 35.7. The van der Waals surface area contributed by atoms with Gasteiger partial charge < -0.3 is 24.3 Å². The highest BCUT2D eigenvalue weighted by atomic mass is 35.5. The van der Waals surface area contributed by atoms with Crippen molar-refractivity contribution in [2.24, 2.45) is 17.8 Å². The molecule has 1 aromatic heterocycles. The summed E-state index contributed by atoms with van der Waals surface area (Å²) in [4.78, 5) is 46.6. The molecule has 2 atom stereocenters. The van der Waals surface area contributed by atoms with Crippen LogP contribution in [0.15, 0.2) is 48.7 Å². The maximum atomic E-state index is 14.3. The van der Waals surface area contributed by atoms with Gasteiger partial charge in [-0.25, -0.2) is 4.68 Å². The number of likely N-dealkylation sites (tertiary alicyclic amines) is 3. The number of fused-ring (bicyclic) bond motifs is 1. The van der Waals surface area contributed by atoms with Crippen molar-refractivity contribution in [1.29, 1.82) is 0 Å². The summed E-state index contributed by atoms with van der Waals surface area (Å²) in [5.74, 6) is -0.00953. The largest absolute Gasteiger partial charge is 0.497 e. The topological polar surface area (TPSA) is 91.2 Å². The number of benzene rings is 2. The summed E-state index contributed by atoms with van der Waals surface area (Å²) < 4.78 is 48.8. The highest BCUT2D eigenvalue weighted by molar-refractivity contribution is 6.31. The van der Waals surface area contributed by atoms with Gasteiger partial charge in [-0.3, -0.25) is 14.4 Å². The van der Waals surface area contributed by atoms with Crippen LogP contribution in [0.2, 0.25) is 5.02 Å². The Morgan fingerprint density at radius 1 is 0.980 bits per heavy atom. The van der Waals surface area contributed by atoms with Crippen molar-refractivity contribution in [2.45, 2.75) is 39.3 Å². The molecule has 0 N–H and O–H groups in total. The van der Waals surface area contributed by atoms with Gasteiger partial charge in [-0.1, -0.05) is 17.7 Å². The number of aryl methyl sites for hydroxylation is 1. The number of nitrogens with zero attached hydrogens (tertiary/aromatic N) is 6. The van der Waals surface area contributed by atoms with E-state index < -0.39 is 23.3 Å². The minimum atomic E-state index is -4.79. The lowest BCUT2D eigenvalue weighted by Crippen LogP contribution is -2.44. The molecular weight excluding hydrogens is 673 g/mol. The number of aromatic nitrogens is 2. The fourth-order valence-corrected chi connectivity index (χ4v) is 7.71. The first-order valence-corrected chi connectivity index (χ1v) is 17.4. The predicted molar refractivity (Wildman–Crippen MR) is 183 cm³/mol. The number of hydrogen-bond acceptors (Lipinski definition) is 6. The zero-order valence-electron chi connectivity index (χ0n) is 28.5. The van der Waals surface area contributed by atoms with Crippen molar-refractivity contribution < 1.29 is 32.3 Å². The molecule has 3 saturated heterocycles. The average molecular weight is 715 g/mol. The molecule has 14 heteroatoms. The quantitative estimate of drug-likeness (QED) is 0.289. The van der Waals surface area contributed by atoms with Crippen molar-refractivity contribution in [3.63, 3.8) is 0 Å². The molecule has 0 bridgehead atoms. The Hall–Kier alpha value is -4.10. The molecule has 2 unspecified atom stereocenters. The Balaban J connectivity index is 1.07. The first kappa shape index (κ1) is 35.7. The first-order valence-electron chi connectivity index (χ1n) is 17.0. The van der Waals surface area contributed by atoms with Crippen molar-refractivity contribution in [1.82, 2.24) is 24.5 Å². The van der Waals surface area contributed by atoms with Gasteiger partial charge in [-0.2, -0.15) is 18.3 Å². The first-order chi connectivity index (χ1) is 23.8. The third kappa shape index (κ3) is 7.48. The molecule has 50 heavy (non-hydrogen) atoms. The number of hydrogen-bond donors (Lipinski definition) is 0. The van der Waals surface area contributed by atoms with E-state index in [1.165, 1.54) is 24.1 Å². The van der Waals surface area contributed by atoms with Gasteiger partial charge in [-0.15, -0.1) is 0 Å². The van der Waals surface area contributed by atoms with Crippen LogP contribution in [0.4, 0.5) is 18.9 Å². The van der Waals surface area contributed by atoms with Gasteiger partial charge >= 0.3 is 6.18 Å². The third-order valence-electron chi connectivity index (χ3n) is 10.3. The Kier molecular flexibility index (Phi) is 10.5. The lowest BCUT2D eigenvalue weighted by atomic mass is 9.94. The maximum absolute atomic E-state index is 14.3. The number of alkyl halides is 3. The summed E-state index contributed by atoms with van der Waals surface area (Å²) in [5.41, 5.74) is 0.299. The summed E-state index contributed by atoms with van der Waals surface area (Å²) in [6, 6.07) is 11.7. The number of amides is 3. The van der Waals surface area contributed by atoms with Crippen molar-refractivity contribution in [2.75, 3.05) is 64.4 Å². The van der Waals surface area contributed by atoms with Gasteiger partial charge in [-0.05, 0) is 86.5 Å². The molecule has 4 heterocycles. The molecule has 268 valence electrons. The minimum Gasteiger partial charge on any atom is -0.497 e. The third-order valence-corrected chi connectivity index (χ3v) is 10.7. The van der Waals surface area contributed by atoms with E-state index in [4.69, 9.17) is 16.3 Å². The van der Waals surface area contributed by atoms with Crippen LogP contribution in [0.1, 0.15) is 47.8 Å². The molecule has 3 aromatic rings. The number of rotatable bonds is 9. The monoisotopic (exact) mass is 714 g/mol. The molecule has 3 aliphatic heterocycles. The number of methoxy groups -OCH3 is 1. The van der Waals surface area contributed by atoms with E-state index in [1.54, 1.807) is 24.0 Å². The van der Waals surface area contributed by atoms with Crippen LogP contribution in [0, 0.1) is 24.7 Å². The lowest BCUT2D eigenvalue weighted by molar-refractivity contribution is -0.143. The molecule has 6 rings (SSSR count). The van der Waals surface area contributed by atoms with Crippen LogP contribution in [-0.2, 0) is 15.8 Å².